The van der Waals surface area contributed by atoms with Gasteiger partial charge in [0.25, 0.3) is 0 Å². The standard InChI is InChI=1S/C22H20O13.Al.Ca/c1-4-8-5(2-6(24)9(4)22(33)34)13(25)10-11(15(8)27)16(28)12(18(30)17(10)29)21-20(32)19(31)14(26)7(3-23)35-21;;/h2,7,14,19-21,23-24,26,28-32H,3H2,1H3,(H,33,34);;/q;+3;+2/p-5. The number of ether oxygens (including phenoxy) is 1. The summed E-state index contributed by atoms with van der Waals surface area (Å²) in [4.78, 5) is 37.6. The molecule has 0 radical (unpaired) electrons. The van der Waals surface area contributed by atoms with Crippen molar-refractivity contribution in [3.8, 4) is 23.0 Å². The molecule has 1 fully saturated rings. The molecule has 0 spiro atoms. The number of aliphatic hydroxyl groups excluding tert-OH is 4. The van der Waals surface area contributed by atoms with Crippen molar-refractivity contribution in [3.05, 3.63) is 45.0 Å². The molecular weight excluding hydrogens is 539 g/mol. The maximum Gasteiger partial charge on any atom is 3.00 e. The molecule has 1 aliphatic heterocycles. The van der Waals surface area contributed by atoms with Crippen molar-refractivity contribution in [3.63, 3.8) is 0 Å². The topological polar surface area (TPSA) is 257 Å². The van der Waals surface area contributed by atoms with E-state index in [2.05, 4.69) is 0 Å². The van der Waals surface area contributed by atoms with Crippen molar-refractivity contribution in [1.82, 2.24) is 0 Å². The number of fused-ring (bicyclic) bond motifs is 2. The Balaban J connectivity index is 0.00000241. The largest absolute Gasteiger partial charge is 3.00 e. The summed E-state index contributed by atoms with van der Waals surface area (Å²) in [6.07, 6.45) is -9.68. The van der Waals surface area contributed by atoms with E-state index in [1.54, 1.807) is 0 Å². The van der Waals surface area contributed by atoms with Crippen LogP contribution in [0, 0.1) is 6.92 Å². The van der Waals surface area contributed by atoms with Crippen LogP contribution in [-0.4, -0.2) is 124 Å². The zero-order valence-corrected chi connectivity index (χ0v) is 22.3. The van der Waals surface area contributed by atoms with E-state index in [1.165, 1.54) is 0 Å². The van der Waals surface area contributed by atoms with Crippen molar-refractivity contribution in [2.75, 3.05) is 6.61 Å². The first-order valence-corrected chi connectivity index (χ1v) is 10.1. The number of carboxylic acid groups (broad SMARTS) is 1. The summed E-state index contributed by atoms with van der Waals surface area (Å²) in [5, 5.41) is 102. The Morgan fingerprint density at radius 1 is 0.919 bits per heavy atom. The number of rotatable bonds is 3. The molecule has 186 valence electrons. The van der Waals surface area contributed by atoms with Gasteiger partial charge in [-0.05, 0) is 23.6 Å². The molecule has 2 aromatic carbocycles. The number of aliphatic hydroxyl groups is 4. The Bertz CT molecular complexity index is 1310. The monoisotopic (exact) mass is 554 g/mol. The van der Waals surface area contributed by atoms with Crippen molar-refractivity contribution in [2.45, 2.75) is 37.4 Å². The number of carbonyl (C=O) groups excluding carboxylic acids is 3. The molecule has 13 nitrogen and oxygen atoms in total. The second-order valence-electron chi connectivity index (χ2n) is 8.14. The summed E-state index contributed by atoms with van der Waals surface area (Å²) in [5.41, 5.74) is -6.14. The molecule has 15 heteroatoms. The molecule has 0 bridgehead atoms. The molecular formula is C22H15AlCaO13. The smallest absolute Gasteiger partial charge is 0.873 e. The first-order chi connectivity index (χ1) is 16.3. The summed E-state index contributed by atoms with van der Waals surface area (Å²) >= 11 is 0. The fraction of sp³-hybridized carbons (Fsp3) is 0.318. The minimum absolute atomic E-state index is 0. The fourth-order valence-electron chi connectivity index (χ4n) is 4.50. The normalized spacial score (nSPS) is 24.4. The molecule has 0 saturated carbocycles. The average molecular weight is 554 g/mol. The van der Waals surface area contributed by atoms with Gasteiger partial charge in [-0.3, -0.25) is 9.59 Å². The molecule has 1 aliphatic carbocycles. The minimum atomic E-state index is -2.15. The van der Waals surface area contributed by atoms with E-state index in [1.807, 2.05) is 0 Å². The van der Waals surface area contributed by atoms with Gasteiger partial charge in [0, 0.05) is 22.3 Å². The number of hydrogen-bond donors (Lipinski definition) is 4. The van der Waals surface area contributed by atoms with Gasteiger partial charge in [0.2, 0.25) is 0 Å². The maximum atomic E-state index is 13.3. The Morgan fingerprint density at radius 2 is 1.49 bits per heavy atom. The summed E-state index contributed by atoms with van der Waals surface area (Å²) in [6, 6.07) is 0.497. The number of aromatic carboxylic acids is 1. The molecule has 2 aromatic rings. The van der Waals surface area contributed by atoms with Gasteiger partial charge in [0.15, 0.2) is 11.6 Å². The van der Waals surface area contributed by atoms with E-state index in [0.717, 1.165) is 6.92 Å². The van der Waals surface area contributed by atoms with Gasteiger partial charge in [0.1, 0.15) is 30.5 Å². The third-order valence-electron chi connectivity index (χ3n) is 6.25. The van der Waals surface area contributed by atoms with E-state index >= 15 is 0 Å². The zero-order chi connectivity index (χ0) is 26.1. The zero-order valence-electron chi connectivity index (χ0n) is 18.9. The number of ketones is 2. The summed E-state index contributed by atoms with van der Waals surface area (Å²) in [6.45, 7) is 0.0944. The number of benzene rings is 2. The van der Waals surface area contributed by atoms with E-state index in [4.69, 9.17) is 4.74 Å². The van der Waals surface area contributed by atoms with Gasteiger partial charge in [-0.25, -0.2) is 0 Å². The van der Waals surface area contributed by atoms with Crippen LogP contribution in [0.1, 0.15) is 59.4 Å². The molecule has 5 atom stereocenters. The number of carboxylic acids is 1. The maximum absolute atomic E-state index is 13.3. The Morgan fingerprint density at radius 3 is 2.03 bits per heavy atom. The fourth-order valence-corrected chi connectivity index (χ4v) is 4.50. The molecule has 1 saturated heterocycles. The van der Waals surface area contributed by atoms with Gasteiger partial charge in [-0.15, -0.1) is 11.5 Å². The number of hydrogen-bond acceptors (Lipinski definition) is 13. The molecule has 2 aliphatic rings. The van der Waals surface area contributed by atoms with Crippen LogP contribution >= 0.6 is 0 Å². The van der Waals surface area contributed by atoms with E-state index in [9.17, 15) is 60.3 Å². The van der Waals surface area contributed by atoms with Crippen LogP contribution in [0.15, 0.2) is 6.07 Å². The molecule has 0 amide bonds. The second kappa shape index (κ2) is 11.0. The van der Waals surface area contributed by atoms with Crippen molar-refractivity contribution >= 4 is 72.6 Å². The summed E-state index contributed by atoms with van der Waals surface area (Å²) in [5.74, 6) is -10.6. The summed E-state index contributed by atoms with van der Waals surface area (Å²) < 4.78 is 5.17. The van der Waals surface area contributed by atoms with Crippen molar-refractivity contribution < 1.29 is 65.1 Å². The quantitative estimate of drug-likeness (QED) is 0.220. The molecule has 5 unspecified atom stereocenters. The van der Waals surface area contributed by atoms with E-state index in [0.29, 0.717) is 6.07 Å². The molecule has 4 N–H and O–H groups in total. The average Bonchev–Trinajstić information content (AvgIpc) is 2.79. The molecule has 4 rings (SSSR count). The van der Waals surface area contributed by atoms with Crippen LogP contribution in [0.3, 0.4) is 0 Å². The summed E-state index contributed by atoms with van der Waals surface area (Å²) in [7, 11) is 0. The first kappa shape index (κ1) is 31.3. The van der Waals surface area contributed by atoms with Crippen molar-refractivity contribution in [2.24, 2.45) is 0 Å². The third-order valence-corrected chi connectivity index (χ3v) is 6.25. The SMILES string of the molecule is Cc1c(C(=O)[O-])c([O-])cc2c1C(=O)c1c([O-])c(C3OC(CO)C(O)C(O)C3O)c([O-])c([O-])c1C2=O.[Al+3].[Ca+2]. The second-order valence-corrected chi connectivity index (χ2v) is 8.14. The minimum Gasteiger partial charge on any atom is -0.873 e. The molecule has 37 heavy (non-hydrogen) atoms. The van der Waals surface area contributed by atoms with Crippen LogP contribution in [0.25, 0.3) is 0 Å². The Labute approximate surface area is 248 Å². The predicted octanol–water partition coefficient (Wildman–Crippen LogP) is -5.82. The van der Waals surface area contributed by atoms with E-state index < -0.39 is 117 Å². The van der Waals surface area contributed by atoms with Gasteiger partial charge in [-0.2, -0.15) is 0 Å². The number of carbonyl (C=O) groups is 3. The van der Waals surface area contributed by atoms with Gasteiger partial charge >= 0.3 is 55.1 Å². The van der Waals surface area contributed by atoms with Crippen LogP contribution in [0.5, 0.6) is 23.0 Å². The van der Waals surface area contributed by atoms with Crippen molar-refractivity contribution in [1.29, 1.82) is 0 Å². The van der Waals surface area contributed by atoms with Gasteiger partial charge in [-0.1, -0.05) is 17.6 Å². The predicted molar refractivity (Wildman–Crippen MR) is 111 cm³/mol. The Hall–Kier alpha value is -1.96. The van der Waals surface area contributed by atoms with Gasteiger partial charge < -0.3 is 55.5 Å². The molecule has 1 heterocycles. The van der Waals surface area contributed by atoms with Crippen LogP contribution in [0.2, 0.25) is 0 Å². The van der Waals surface area contributed by atoms with Crippen LogP contribution in [-0.2, 0) is 4.74 Å². The van der Waals surface area contributed by atoms with Crippen LogP contribution in [0.4, 0.5) is 0 Å². The van der Waals surface area contributed by atoms with Crippen LogP contribution < -0.4 is 25.5 Å². The van der Waals surface area contributed by atoms with E-state index in [-0.39, 0.29) is 55.1 Å². The molecule has 0 aromatic heterocycles. The first-order valence-electron chi connectivity index (χ1n) is 10.1. The Kier molecular flexibility index (Phi) is 9.32. The van der Waals surface area contributed by atoms with Gasteiger partial charge in [0.05, 0.1) is 12.6 Å². The third kappa shape index (κ3) is 4.51.